The van der Waals surface area contributed by atoms with Crippen LogP contribution in [0.25, 0.3) is 0 Å². The fourth-order valence-corrected chi connectivity index (χ4v) is 3.05. The number of aliphatic imine (C=N–C) groups is 1. The Bertz CT molecular complexity index is 809. The highest BCUT2D eigenvalue weighted by Gasteiger charge is 2.30. The number of phenolic OH excluding ortho intramolecular Hbond substituents is 1. The van der Waals surface area contributed by atoms with Gasteiger partial charge in [0.15, 0.2) is 0 Å². The minimum atomic E-state index is -0.573. The lowest BCUT2D eigenvalue weighted by Crippen LogP contribution is -2.20. The molecule has 2 aromatic rings. The topological polar surface area (TPSA) is 75.7 Å². The minimum absolute atomic E-state index is 0.0353. The molecule has 0 atom stereocenters. The fraction of sp³-hybridized carbons (Fsp3) is 0.350. The molecule has 0 saturated heterocycles. The highest BCUT2D eigenvalue weighted by molar-refractivity contribution is 5.86. The molecular formula is C20H22N2O3. The van der Waals surface area contributed by atoms with Gasteiger partial charge in [-0.05, 0) is 24.8 Å². The average Bonchev–Trinajstić information content (AvgIpc) is 2.55. The molecule has 1 aliphatic carbocycles. The van der Waals surface area contributed by atoms with Crippen LogP contribution in [0.4, 0.5) is 5.69 Å². The molecule has 130 valence electrons. The molecule has 1 N–H and O–H groups in total. The van der Waals surface area contributed by atoms with E-state index >= 15 is 0 Å². The van der Waals surface area contributed by atoms with E-state index in [-0.39, 0.29) is 17.5 Å². The Morgan fingerprint density at radius 3 is 2.48 bits per heavy atom. The van der Waals surface area contributed by atoms with Crippen LogP contribution in [-0.4, -0.2) is 22.3 Å². The molecule has 0 heterocycles. The van der Waals surface area contributed by atoms with E-state index in [1.54, 1.807) is 6.21 Å². The Morgan fingerprint density at radius 2 is 1.92 bits per heavy atom. The van der Waals surface area contributed by atoms with Crippen molar-refractivity contribution in [3.63, 3.8) is 0 Å². The van der Waals surface area contributed by atoms with E-state index in [0.29, 0.717) is 11.1 Å². The van der Waals surface area contributed by atoms with Crippen LogP contribution in [0.5, 0.6) is 5.75 Å². The molecule has 5 heteroatoms. The third-order valence-corrected chi connectivity index (χ3v) is 5.00. The van der Waals surface area contributed by atoms with Crippen molar-refractivity contribution in [2.75, 3.05) is 0 Å². The van der Waals surface area contributed by atoms with E-state index in [4.69, 9.17) is 0 Å². The number of nitrogens with zero attached hydrogens (tertiary/aromatic N) is 2. The number of hydrogen-bond donors (Lipinski definition) is 1. The van der Waals surface area contributed by atoms with Crippen LogP contribution >= 0.6 is 0 Å². The van der Waals surface area contributed by atoms with Crippen molar-refractivity contribution in [3.05, 3.63) is 69.3 Å². The maximum atomic E-state index is 11.4. The number of hydrogen-bond acceptors (Lipinski definition) is 4. The summed E-state index contributed by atoms with van der Waals surface area (Å²) in [6.45, 7) is 3.90. The molecule has 0 aliphatic heterocycles. The lowest BCUT2D eigenvalue weighted by Gasteiger charge is -2.27. The Kier molecular flexibility index (Phi) is 4.57. The summed E-state index contributed by atoms with van der Waals surface area (Å²) >= 11 is 0. The predicted octanol–water partition coefficient (Wildman–Crippen LogP) is 4.60. The molecule has 1 aliphatic rings. The zero-order valence-electron chi connectivity index (χ0n) is 14.5. The van der Waals surface area contributed by atoms with E-state index < -0.39 is 10.3 Å². The first-order chi connectivity index (χ1) is 11.9. The molecule has 1 saturated carbocycles. The first kappa shape index (κ1) is 17.1. The monoisotopic (exact) mass is 338 g/mol. The highest BCUT2D eigenvalue weighted by atomic mass is 16.6. The summed E-state index contributed by atoms with van der Waals surface area (Å²) in [5.74, 6) is 0.0579. The summed E-state index contributed by atoms with van der Waals surface area (Å²) in [6, 6.07) is 12.8. The summed E-state index contributed by atoms with van der Waals surface area (Å²) in [5.41, 5.74) is 1.30. The van der Waals surface area contributed by atoms with Gasteiger partial charge < -0.3 is 5.11 Å². The zero-order valence-corrected chi connectivity index (χ0v) is 14.5. The fourth-order valence-electron chi connectivity index (χ4n) is 3.05. The van der Waals surface area contributed by atoms with Gasteiger partial charge in [0.2, 0.25) is 0 Å². The Balaban J connectivity index is 2.10. The molecule has 0 radical (unpaired) electrons. The van der Waals surface area contributed by atoms with Gasteiger partial charge in [-0.2, -0.15) is 0 Å². The van der Waals surface area contributed by atoms with Gasteiger partial charge >= 0.3 is 0 Å². The van der Waals surface area contributed by atoms with Crippen LogP contribution in [0, 0.1) is 10.1 Å². The summed E-state index contributed by atoms with van der Waals surface area (Å²) < 4.78 is 0. The number of aromatic hydroxyl groups is 1. The lowest BCUT2D eigenvalue weighted by molar-refractivity contribution is -0.385. The van der Waals surface area contributed by atoms with Gasteiger partial charge in [0.05, 0.1) is 4.92 Å². The summed E-state index contributed by atoms with van der Waals surface area (Å²) in [5, 5.41) is 22.1. The van der Waals surface area contributed by atoms with Crippen LogP contribution in [0.2, 0.25) is 0 Å². The van der Waals surface area contributed by atoms with E-state index in [0.717, 1.165) is 24.8 Å². The van der Waals surface area contributed by atoms with Gasteiger partial charge in [0.1, 0.15) is 5.75 Å². The standard InChI is InChI=1S/C20H22N2O3/c1-20(2,15-7-4-3-5-8-15)18-12-17(22(24)25)11-14(19(18)23)13-21-16-9-6-10-16/h3-5,7-8,11-13,16,23H,6,9-10H2,1-2H3. The van der Waals surface area contributed by atoms with Gasteiger partial charge in [-0.1, -0.05) is 44.2 Å². The molecule has 0 aromatic heterocycles. The largest absolute Gasteiger partial charge is 0.507 e. The number of nitro groups is 1. The number of rotatable bonds is 5. The number of nitro benzene ring substituents is 1. The number of phenols is 1. The highest BCUT2D eigenvalue weighted by Crippen LogP contribution is 2.40. The van der Waals surface area contributed by atoms with Crippen molar-refractivity contribution in [2.24, 2.45) is 4.99 Å². The normalized spacial score (nSPS) is 15.3. The van der Waals surface area contributed by atoms with E-state index in [9.17, 15) is 15.2 Å². The quantitative estimate of drug-likeness (QED) is 0.492. The molecule has 2 aromatic carbocycles. The lowest BCUT2D eigenvalue weighted by atomic mass is 9.77. The second kappa shape index (κ2) is 6.67. The first-order valence-electron chi connectivity index (χ1n) is 8.50. The van der Waals surface area contributed by atoms with Crippen molar-refractivity contribution in [1.82, 2.24) is 0 Å². The van der Waals surface area contributed by atoms with Crippen molar-refractivity contribution in [1.29, 1.82) is 0 Å². The molecule has 5 nitrogen and oxygen atoms in total. The number of benzene rings is 2. The minimum Gasteiger partial charge on any atom is -0.507 e. The van der Waals surface area contributed by atoms with Gasteiger partial charge in [0.25, 0.3) is 5.69 Å². The molecule has 3 rings (SSSR count). The molecule has 0 spiro atoms. The summed E-state index contributed by atoms with van der Waals surface area (Å²) in [4.78, 5) is 15.4. The third kappa shape index (κ3) is 3.40. The van der Waals surface area contributed by atoms with Crippen molar-refractivity contribution >= 4 is 11.9 Å². The van der Waals surface area contributed by atoms with Gasteiger partial charge in [0, 0.05) is 40.9 Å². The maximum Gasteiger partial charge on any atom is 0.270 e. The van der Waals surface area contributed by atoms with Gasteiger partial charge in [-0.15, -0.1) is 0 Å². The second-order valence-electron chi connectivity index (χ2n) is 7.04. The second-order valence-corrected chi connectivity index (χ2v) is 7.04. The van der Waals surface area contributed by atoms with Crippen LogP contribution in [0.3, 0.4) is 0 Å². The Morgan fingerprint density at radius 1 is 1.24 bits per heavy atom. The number of non-ortho nitro benzene ring substituents is 1. The Hall–Kier alpha value is -2.69. The molecule has 0 unspecified atom stereocenters. The molecule has 0 bridgehead atoms. The van der Waals surface area contributed by atoms with Crippen molar-refractivity contribution < 1.29 is 10.0 Å². The van der Waals surface area contributed by atoms with Crippen molar-refractivity contribution in [3.8, 4) is 5.75 Å². The smallest absolute Gasteiger partial charge is 0.270 e. The predicted molar refractivity (Wildman–Crippen MR) is 98.6 cm³/mol. The van der Waals surface area contributed by atoms with Gasteiger partial charge in [-0.25, -0.2) is 0 Å². The molecule has 0 amide bonds. The average molecular weight is 338 g/mol. The van der Waals surface area contributed by atoms with Crippen LogP contribution in [0.1, 0.15) is 49.8 Å². The molecule has 25 heavy (non-hydrogen) atoms. The van der Waals surface area contributed by atoms with Crippen molar-refractivity contribution in [2.45, 2.75) is 44.6 Å². The van der Waals surface area contributed by atoms with Crippen LogP contribution < -0.4 is 0 Å². The maximum absolute atomic E-state index is 11.4. The first-order valence-corrected chi connectivity index (χ1v) is 8.50. The van der Waals surface area contributed by atoms with Crippen LogP contribution in [0.15, 0.2) is 47.5 Å². The Labute approximate surface area is 147 Å². The van der Waals surface area contributed by atoms with Crippen LogP contribution in [-0.2, 0) is 5.41 Å². The van der Waals surface area contributed by atoms with E-state index in [1.807, 2.05) is 44.2 Å². The summed E-state index contributed by atoms with van der Waals surface area (Å²) in [6.07, 6.45) is 4.81. The third-order valence-electron chi connectivity index (χ3n) is 5.00. The van der Waals surface area contributed by atoms with E-state index in [2.05, 4.69) is 4.99 Å². The molecular weight excluding hydrogens is 316 g/mol. The van der Waals surface area contributed by atoms with Gasteiger partial charge in [-0.3, -0.25) is 15.1 Å². The zero-order chi connectivity index (χ0) is 18.0. The van der Waals surface area contributed by atoms with E-state index in [1.165, 1.54) is 12.1 Å². The summed E-state index contributed by atoms with van der Waals surface area (Å²) in [7, 11) is 0. The SMILES string of the molecule is CC(C)(c1ccccc1)c1cc([N+](=O)[O-])cc(C=NC2CCC2)c1O. The molecule has 1 fully saturated rings.